The van der Waals surface area contributed by atoms with E-state index in [1.165, 1.54) is 12.1 Å². The van der Waals surface area contributed by atoms with E-state index in [2.05, 4.69) is 40.7 Å². The molecule has 0 radical (unpaired) electrons. The van der Waals surface area contributed by atoms with Gasteiger partial charge in [0.15, 0.2) is 0 Å². The molecule has 2 rings (SSSR count). The van der Waals surface area contributed by atoms with Crippen LogP contribution in [0, 0.1) is 5.92 Å². The standard InChI is InChI=1S/C14H20BrNO/c1-9-6-10(2)16(8-9)14-5-4-12(11(3)17)7-13(14)15/h4-5,7,9-11,17H,6,8H2,1-3H3/t9?,10?,11-/m0/s1. The molecule has 0 aliphatic carbocycles. The number of aliphatic hydroxyl groups is 1. The van der Waals surface area contributed by atoms with Crippen molar-refractivity contribution in [2.75, 3.05) is 11.4 Å². The van der Waals surface area contributed by atoms with Crippen molar-refractivity contribution < 1.29 is 5.11 Å². The van der Waals surface area contributed by atoms with Crippen LogP contribution in [0.4, 0.5) is 5.69 Å². The van der Waals surface area contributed by atoms with Crippen molar-refractivity contribution in [2.24, 2.45) is 5.92 Å². The van der Waals surface area contributed by atoms with Gasteiger partial charge in [0.25, 0.3) is 0 Å². The van der Waals surface area contributed by atoms with Crippen molar-refractivity contribution in [3.05, 3.63) is 28.2 Å². The summed E-state index contributed by atoms with van der Waals surface area (Å²) < 4.78 is 1.08. The lowest BCUT2D eigenvalue weighted by Crippen LogP contribution is -2.26. The number of hydrogen-bond donors (Lipinski definition) is 1. The van der Waals surface area contributed by atoms with Crippen molar-refractivity contribution in [1.82, 2.24) is 0 Å². The predicted octanol–water partition coefficient (Wildman–Crippen LogP) is 3.74. The lowest BCUT2D eigenvalue weighted by atomic mass is 10.1. The number of benzene rings is 1. The van der Waals surface area contributed by atoms with E-state index in [1.807, 2.05) is 12.1 Å². The van der Waals surface area contributed by atoms with Crippen molar-refractivity contribution in [1.29, 1.82) is 0 Å². The molecule has 0 aromatic heterocycles. The third kappa shape index (κ3) is 2.66. The van der Waals surface area contributed by atoms with Crippen LogP contribution in [0.25, 0.3) is 0 Å². The molecule has 1 aromatic carbocycles. The summed E-state index contributed by atoms with van der Waals surface area (Å²) in [6, 6.07) is 6.75. The van der Waals surface area contributed by atoms with Crippen molar-refractivity contribution in [2.45, 2.75) is 39.3 Å². The van der Waals surface area contributed by atoms with Crippen molar-refractivity contribution in [3.8, 4) is 0 Å². The Hall–Kier alpha value is -0.540. The van der Waals surface area contributed by atoms with E-state index in [0.29, 0.717) is 6.04 Å². The minimum Gasteiger partial charge on any atom is -0.389 e. The molecule has 1 aromatic rings. The topological polar surface area (TPSA) is 23.5 Å². The molecule has 0 bridgehead atoms. The maximum Gasteiger partial charge on any atom is 0.0762 e. The number of anilines is 1. The Morgan fingerprint density at radius 1 is 1.41 bits per heavy atom. The molecule has 2 unspecified atom stereocenters. The average Bonchev–Trinajstić information content (AvgIpc) is 2.57. The van der Waals surface area contributed by atoms with Gasteiger partial charge in [-0.1, -0.05) is 13.0 Å². The van der Waals surface area contributed by atoms with Gasteiger partial charge in [0.1, 0.15) is 0 Å². The smallest absolute Gasteiger partial charge is 0.0762 e. The number of hydrogen-bond acceptors (Lipinski definition) is 2. The van der Waals surface area contributed by atoms with E-state index in [1.54, 1.807) is 6.92 Å². The van der Waals surface area contributed by atoms with Crippen LogP contribution >= 0.6 is 15.9 Å². The van der Waals surface area contributed by atoms with Gasteiger partial charge in [-0.05, 0) is 59.8 Å². The predicted molar refractivity (Wildman–Crippen MR) is 75.4 cm³/mol. The van der Waals surface area contributed by atoms with Gasteiger partial charge in [-0.25, -0.2) is 0 Å². The van der Waals surface area contributed by atoms with Crippen LogP contribution in [0.3, 0.4) is 0 Å². The second kappa shape index (κ2) is 4.99. The third-order valence-corrected chi connectivity index (χ3v) is 4.18. The Balaban J connectivity index is 2.28. The maximum absolute atomic E-state index is 9.56. The fourth-order valence-electron chi connectivity index (χ4n) is 2.65. The summed E-state index contributed by atoms with van der Waals surface area (Å²) in [6.45, 7) is 7.49. The Morgan fingerprint density at radius 2 is 2.12 bits per heavy atom. The Bertz CT molecular complexity index is 405. The first-order chi connectivity index (χ1) is 7.99. The average molecular weight is 298 g/mol. The van der Waals surface area contributed by atoms with Gasteiger partial charge in [-0.15, -0.1) is 0 Å². The zero-order valence-electron chi connectivity index (χ0n) is 10.7. The molecule has 0 saturated carbocycles. The summed E-state index contributed by atoms with van der Waals surface area (Å²) in [5, 5.41) is 9.56. The van der Waals surface area contributed by atoms with Gasteiger partial charge in [0.2, 0.25) is 0 Å². The minimum absolute atomic E-state index is 0.407. The highest BCUT2D eigenvalue weighted by atomic mass is 79.9. The molecule has 1 aliphatic rings. The number of halogens is 1. The molecule has 0 amide bonds. The quantitative estimate of drug-likeness (QED) is 0.899. The van der Waals surface area contributed by atoms with Crippen LogP contribution in [0.2, 0.25) is 0 Å². The van der Waals surface area contributed by atoms with E-state index in [-0.39, 0.29) is 0 Å². The second-order valence-electron chi connectivity index (χ2n) is 5.23. The highest BCUT2D eigenvalue weighted by Gasteiger charge is 2.27. The second-order valence-corrected chi connectivity index (χ2v) is 6.08. The van der Waals surface area contributed by atoms with E-state index in [4.69, 9.17) is 0 Å². The molecule has 1 fully saturated rings. The van der Waals surface area contributed by atoms with Crippen molar-refractivity contribution in [3.63, 3.8) is 0 Å². The summed E-state index contributed by atoms with van der Waals surface area (Å²) in [6.07, 6.45) is 0.847. The highest BCUT2D eigenvalue weighted by molar-refractivity contribution is 9.10. The van der Waals surface area contributed by atoms with E-state index < -0.39 is 6.10 Å². The first-order valence-corrected chi connectivity index (χ1v) is 7.02. The molecule has 0 spiro atoms. The number of rotatable bonds is 2. The Labute approximate surface area is 112 Å². The van der Waals surface area contributed by atoms with Gasteiger partial charge >= 0.3 is 0 Å². The fraction of sp³-hybridized carbons (Fsp3) is 0.571. The fourth-order valence-corrected chi connectivity index (χ4v) is 3.28. The molecule has 1 N–H and O–H groups in total. The van der Waals surface area contributed by atoms with Gasteiger partial charge < -0.3 is 10.0 Å². The van der Waals surface area contributed by atoms with Gasteiger partial charge in [0.05, 0.1) is 11.8 Å². The summed E-state index contributed by atoms with van der Waals surface area (Å²) in [4.78, 5) is 2.45. The summed E-state index contributed by atoms with van der Waals surface area (Å²) >= 11 is 3.62. The van der Waals surface area contributed by atoms with Gasteiger partial charge in [-0.3, -0.25) is 0 Å². The van der Waals surface area contributed by atoms with Gasteiger partial charge in [0, 0.05) is 17.1 Å². The van der Waals surface area contributed by atoms with Crippen LogP contribution in [-0.2, 0) is 0 Å². The molecular weight excluding hydrogens is 278 g/mol. The largest absolute Gasteiger partial charge is 0.389 e. The van der Waals surface area contributed by atoms with Gasteiger partial charge in [-0.2, -0.15) is 0 Å². The van der Waals surface area contributed by atoms with Crippen LogP contribution < -0.4 is 4.90 Å². The lowest BCUT2D eigenvalue weighted by molar-refractivity contribution is 0.199. The van der Waals surface area contributed by atoms with Crippen LogP contribution in [0.1, 0.15) is 38.9 Å². The molecular formula is C14H20BrNO. The number of aliphatic hydroxyl groups excluding tert-OH is 1. The summed E-state index contributed by atoms with van der Waals surface area (Å²) in [5.74, 6) is 0.758. The van der Waals surface area contributed by atoms with E-state index in [0.717, 1.165) is 22.5 Å². The highest BCUT2D eigenvalue weighted by Crippen LogP contribution is 2.35. The third-order valence-electron chi connectivity index (χ3n) is 3.55. The monoisotopic (exact) mass is 297 g/mol. The van der Waals surface area contributed by atoms with E-state index in [9.17, 15) is 5.11 Å². The molecule has 2 nitrogen and oxygen atoms in total. The SMILES string of the molecule is CC1CC(C)N(c2ccc([C@H](C)O)cc2Br)C1. The maximum atomic E-state index is 9.56. The molecule has 94 valence electrons. The van der Waals surface area contributed by atoms with Crippen LogP contribution in [-0.4, -0.2) is 17.7 Å². The minimum atomic E-state index is -0.407. The molecule has 17 heavy (non-hydrogen) atoms. The molecule has 1 aliphatic heterocycles. The first-order valence-electron chi connectivity index (χ1n) is 6.23. The zero-order valence-corrected chi connectivity index (χ0v) is 12.2. The summed E-state index contributed by atoms with van der Waals surface area (Å²) in [7, 11) is 0. The summed E-state index contributed by atoms with van der Waals surface area (Å²) in [5.41, 5.74) is 2.20. The van der Waals surface area contributed by atoms with Crippen molar-refractivity contribution >= 4 is 21.6 Å². The first kappa shape index (κ1) is 12.9. The Kier molecular flexibility index (Phi) is 3.79. The van der Waals surface area contributed by atoms with Crippen LogP contribution in [0.5, 0.6) is 0 Å². The molecule has 3 atom stereocenters. The number of nitrogens with zero attached hydrogens (tertiary/aromatic N) is 1. The normalized spacial score (nSPS) is 26.3. The zero-order chi connectivity index (χ0) is 12.6. The molecule has 1 heterocycles. The molecule has 3 heteroatoms. The molecule has 1 saturated heterocycles. The van der Waals surface area contributed by atoms with Crippen LogP contribution in [0.15, 0.2) is 22.7 Å². The van der Waals surface area contributed by atoms with E-state index >= 15 is 0 Å². The Morgan fingerprint density at radius 3 is 2.59 bits per heavy atom. The lowest BCUT2D eigenvalue weighted by Gasteiger charge is -2.25.